The van der Waals surface area contributed by atoms with E-state index in [9.17, 15) is 9.59 Å². The van der Waals surface area contributed by atoms with Crippen LogP contribution in [0.2, 0.25) is 0 Å². The number of carbonyl (C=O) groups is 2. The van der Waals surface area contributed by atoms with Crippen LogP contribution in [0.1, 0.15) is 61.4 Å². The quantitative estimate of drug-likeness (QED) is 0.787. The largest absolute Gasteiger partial charge is 0.395 e. The monoisotopic (exact) mass is 346 g/mol. The van der Waals surface area contributed by atoms with Crippen LogP contribution in [0.5, 0.6) is 0 Å². The fourth-order valence-electron chi connectivity index (χ4n) is 3.58. The second kappa shape index (κ2) is 8.99. The third-order valence-corrected chi connectivity index (χ3v) is 5.17. The van der Waals surface area contributed by atoms with Crippen LogP contribution >= 0.6 is 0 Å². The summed E-state index contributed by atoms with van der Waals surface area (Å²) in [5.41, 5.74) is 1.85. The molecule has 0 spiro atoms. The Hall–Kier alpha value is -1.88. The van der Waals surface area contributed by atoms with Crippen LogP contribution in [0.15, 0.2) is 24.3 Å². The molecule has 2 unspecified atom stereocenters. The molecule has 25 heavy (non-hydrogen) atoms. The molecule has 0 bridgehead atoms. The first-order chi connectivity index (χ1) is 12.0. The van der Waals surface area contributed by atoms with Gasteiger partial charge in [-0.2, -0.15) is 0 Å². The normalized spacial score (nSPS) is 16.8. The van der Waals surface area contributed by atoms with E-state index in [4.69, 9.17) is 5.11 Å². The summed E-state index contributed by atoms with van der Waals surface area (Å²) in [6, 6.07) is 8.01. The van der Waals surface area contributed by atoms with Gasteiger partial charge in [0.05, 0.1) is 6.61 Å². The Labute approximate surface area is 150 Å². The van der Waals surface area contributed by atoms with Crippen LogP contribution < -0.4 is 0 Å². The Kier molecular flexibility index (Phi) is 7.00. The first kappa shape index (κ1) is 19.4. The molecule has 2 amide bonds. The van der Waals surface area contributed by atoms with E-state index in [1.807, 2.05) is 29.2 Å². The maximum atomic E-state index is 12.2. The number of hydrogen-bond acceptors (Lipinski definition) is 3. The van der Waals surface area contributed by atoms with Crippen molar-refractivity contribution in [3.63, 3.8) is 0 Å². The highest BCUT2D eigenvalue weighted by atomic mass is 16.3. The van der Waals surface area contributed by atoms with E-state index in [2.05, 4.69) is 13.8 Å². The first-order valence-electron chi connectivity index (χ1n) is 9.23. The summed E-state index contributed by atoms with van der Waals surface area (Å²) in [5.74, 6) is 0.572. The fraction of sp³-hybridized carbons (Fsp3) is 0.600. The molecule has 1 heterocycles. The molecule has 1 aliphatic rings. The smallest absolute Gasteiger partial charge is 0.253 e. The van der Waals surface area contributed by atoms with Crippen LogP contribution in [-0.2, 0) is 4.79 Å². The number of benzene rings is 1. The van der Waals surface area contributed by atoms with Crippen molar-refractivity contribution in [1.82, 2.24) is 9.80 Å². The van der Waals surface area contributed by atoms with Crippen molar-refractivity contribution in [2.75, 3.05) is 26.7 Å². The third kappa shape index (κ3) is 4.82. The van der Waals surface area contributed by atoms with Gasteiger partial charge in [0.1, 0.15) is 0 Å². The summed E-state index contributed by atoms with van der Waals surface area (Å²) in [6.07, 6.45) is 3.60. The van der Waals surface area contributed by atoms with Gasteiger partial charge in [-0.15, -0.1) is 0 Å². The van der Waals surface area contributed by atoms with Gasteiger partial charge in [0, 0.05) is 38.2 Å². The molecule has 5 nitrogen and oxygen atoms in total. The number of nitrogens with zero attached hydrogens (tertiary/aromatic N) is 2. The van der Waals surface area contributed by atoms with Gasteiger partial charge < -0.3 is 14.9 Å². The number of aliphatic hydroxyl groups excluding tert-OH is 1. The lowest BCUT2D eigenvalue weighted by Gasteiger charge is -2.28. The summed E-state index contributed by atoms with van der Waals surface area (Å²) >= 11 is 0. The molecule has 1 aromatic rings. The van der Waals surface area contributed by atoms with E-state index in [1.165, 1.54) is 10.5 Å². The summed E-state index contributed by atoms with van der Waals surface area (Å²) in [5, 5.41) is 8.95. The van der Waals surface area contributed by atoms with Crippen LogP contribution in [0.3, 0.4) is 0 Å². The average Bonchev–Trinajstić information content (AvgIpc) is 3.05. The minimum atomic E-state index is -0.0790. The van der Waals surface area contributed by atoms with Crippen LogP contribution in [-0.4, -0.2) is 59.5 Å². The molecule has 0 aromatic heterocycles. The van der Waals surface area contributed by atoms with Gasteiger partial charge in [-0.25, -0.2) is 0 Å². The molecule has 0 radical (unpaired) electrons. The van der Waals surface area contributed by atoms with Crippen LogP contribution in [0.4, 0.5) is 0 Å². The van der Waals surface area contributed by atoms with Crippen LogP contribution in [0.25, 0.3) is 0 Å². The molecule has 2 atom stereocenters. The van der Waals surface area contributed by atoms with Crippen molar-refractivity contribution >= 4 is 11.8 Å². The minimum Gasteiger partial charge on any atom is -0.395 e. The topological polar surface area (TPSA) is 60.9 Å². The van der Waals surface area contributed by atoms with Crippen molar-refractivity contribution in [2.45, 2.75) is 51.5 Å². The van der Waals surface area contributed by atoms with E-state index in [0.717, 1.165) is 25.8 Å². The first-order valence-corrected chi connectivity index (χ1v) is 9.23. The van der Waals surface area contributed by atoms with Crippen molar-refractivity contribution < 1.29 is 14.7 Å². The molecule has 1 N–H and O–H groups in total. The molecule has 1 aromatic carbocycles. The molecule has 138 valence electrons. The lowest BCUT2D eigenvalue weighted by atomic mass is 9.89. The van der Waals surface area contributed by atoms with Gasteiger partial charge in [-0.05, 0) is 49.8 Å². The zero-order chi connectivity index (χ0) is 18.4. The Morgan fingerprint density at radius 1 is 1.32 bits per heavy atom. The molecular weight excluding hydrogens is 316 g/mol. The van der Waals surface area contributed by atoms with Crippen molar-refractivity contribution in [1.29, 1.82) is 0 Å². The fourth-order valence-corrected chi connectivity index (χ4v) is 3.58. The summed E-state index contributed by atoms with van der Waals surface area (Å²) in [6.45, 7) is 5.47. The summed E-state index contributed by atoms with van der Waals surface area (Å²) < 4.78 is 0. The van der Waals surface area contributed by atoms with Gasteiger partial charge in [0.2, 0.25) is 5.91 Å². The zero-order valence-corrected chi connectivity index (χ0v) is 15.6. The van der Waals surface area contributed by atoms with Gasteiger partial charge in [0.25, 0.3) is 5.91 Å². The van der Waals surface area contributed by atoms with Gasteiger partial charge in [-0.1, -0.05) is 19.1 Å². The van der Waals surface area contributed by atoms with E-state index in [-0.39, 0.29) is 24.5 Å². The van der Waals surface area contributed by atoms with Gasteiger partial charge >= 0.3 is 0 Å². The maximum absolute atomic E-state index is 12.2. The van der Waals surface area contributed by atoms with Crippen molar-refractivity contribution in [3.05, 3.63) is 35.4 Å². The number of hydrogen-bond donors (Lipinski definition) is 1. The Morgan fingerprint density at radius 3 is 2.52 bits per heavy atom. The van der Waals surface area contributed by atoms with E-state index < -0.39 is 0 Å². The molecular formula is C20H30N2O3. The number of likely N-dealkylation sites (N-methyl/N-ethyl adjacent to an activating group) is 1. The summed E-state index contributed by atoms with van der Waals surface area (Å²) in [7, 11) is 1.69. The SMILES string of the molecule is CCC(CC(C)N1CCCC1=O)c1ccc(C(=O)N(C)CCO)cc1. The number of aliphatic hydroxyl groups is 1. The summed E-state index contributed by atoms with van der Waals surface area (Å²) in [4.78, 5) is 27.7. The average molecular weight is 346 g/mol. The standard InChI is InChI=1S/C20H30N2O3/c1-4-16(14-15(2)22-11-5-6-19(22)24)17-7-9-18(10-8-17)20(25)21(3)12-13-23/h7-10,15-16,23H,4-6,11-14H2,1-3H3. The van der Waals surface area contributed by atoms with E-state index in [0.29, 0.717) is 24.4 Å². The van der Waals surface area contributed by atoms with Crippen molar-refractivity contribution in [3.8, 4) is 0 Å². The Morgan fingerprint density at radius 2 is 2.00 bits per heavy atom. The predicted molar refractivity (Wildman–Crippen MR) is 98.5 cm³/mol. The highest BCUT2D eigenvalue weighted by Gasteiger charge is 2.27. The van der Waals surface area contributed by atoms with E-state index >= 15 is 0 Å². The number of carbonyl (C=O) groups excluding carboxylic acids is 2. The number of rotatable bonds is 8. The Balaban J connectivity index is 2.03. The molecule has 1 aliphatic heterocycles. The molecule has 1 fully saturated rings. The zero-order valence-electron chi connectivity index (χ0n) is 15.6. The highest BCUT2D eigenvalue weighted by Crippen LogP contribution is 2.28. The molecule has 5 heteroatoms. The van der Waals surface area contributed by atoms with Gasteiger partial charge in [0.15, 0.2) is 0 Å². The predicted octanol–water partition coefficient (Wildman–Crippen LogP) is 2.65. The lowest BCUT2D eigenvalue weighted by molar-refractivity contribution is -0.129. The lowest BCUT2D eigenvalue weighted by Crippen LogP contribution is -2.35. The highest BCUT2D eigenvalue weighted by molar-refractivity contribution is 5.94. The second-order valence-corrected chi connectivity index (χ2v) is 6.95. The number of likely N-dealkylation sites (tertiary alicyclic amines) is 1. The second-order valence-electron chi connectivity index (χ2n) is 6.95. The van der Waals surface area contributed by atoms with E-state index in [1.54, 1.807) is 7.05 Å². The third-order valence-electron chi connectivity index (χ3n) is 5.17. The van der Waals surface area contributed by atoms with Crippen molar-refractivity contribution in [2.24, 2.45) is 0 Å². The molecule has 0 aliphatic carbocycles. The molecule has 2 rings (SSSR count). The maximum Gasteiger partial charge on any atom is 0.253 e. The van der Waals surface area contributed by atoms with Crippen LogP contribution in [0, 0.1) is 0 Å². The van der Waals surface area contributed by atoms with Gasteiger partial charge in [-0.3, -0.25) is 9.59 Å². The Bertz CT molecular complexity index is 585. The molecule has 0 saturated carbocycles. The molecule has 1 saturated heterocycles. The number of amides is 2. The minimum absolute atomic E-state index is 0.0364.